The van der Waals surface area contributed by atoms with Gasteiger partial charge in [-0.1, -0.05) is 6.07 Å². The molecule has 0 aliphatic rings. The molecule has 5 nitrogen and oxygen atoms in total. The molecule has 0 aliphatic carbocycles. The first kappa shape index (κ1) is 14.5. The van der Waals surface area contributed by atoms with Crippen molar-refractivity contribution in [3.05, 3.63) is 34.6 Å². The highest BCUT2D eigenvalue weighted by Gasteiger charge is 2.09. The van der Waals surface area contributed by atoms with Gasteiger partial charge in [-0.3, -0.25) is 4.98 Å². The van der Waals surface area contributed by atoms with Gasteiger partial charge in [-0.2, -0.15) is 0 Å². The van der Waals surface area contributed by atoms with E-state index in [0.717, 1.165) is 22.0 Å². The van der Waals surface area contributed by atoms with Crippen LogP contribution in [0.4, 0.5) is 17.3 Å². The summed E-state index contributed by atoms with van der Waals surface area (Å²) in [6, 6.07) is 3.91. The Labute approximate surface area is 123 Å². The third-order valence-corrected chi connectivity index (χ3v) is 4.32. The first-order valence-electron chi connectivity index (χ1n) is 6.26. The third kappa shape index (κ3) is 2.96. The Morgan fingerprint density at radius 1 is 1.00 bits per heavy atom. The first-order chi connectivity index (χ1) is 9.38. The highest BCUT2D eigenvalue weighted by molar-refractivity contribution is 7.98. The summed E-state index contributed by atoms with van der Waals surface area (Å²) in [4.78, 5) is 9.33. The zero-order chi connectivity index (χ0) is 14.9. The lowest BCUT2D eigenvalue weighted by Gasteiger charge is -2.11. The summed E-state index contributed by atoms with van der Waals surface area (Å²) < 4.78 is 0. The second-order valence-electron chi connectivity index (χ2n) is 4.77. The minimum Gasteiger partial charge on any atom is -0.395 e. The maximum absolute atomic E-state index is 5.93. The quantitative estimate of drug-likeness (QED) is 0.750. The van der Waals surface area contributed by atoms with Gasteiger partial charge < -0.3 is 17.2 Å². The number of thioether (sulfide) groups is 1. The number of pyridine rings is 2. The van der Waals surface area contributed by atoms with Crippen molar-refractivity contribution in [3.8, 4) is 0 Å². The molecule has 0 saturated carbocycles. The molecule has 0 aliphatic heterocycles. The van der Waals surface area contributed by atoms with Gasteiger partial charge in [0.05, 0.1) is 5.69 Å². The molecular weight excluding hydrogens is 270 g/mol. The van der Waals surface area contributed by atoms with Crippen LogP contribution in [0.15, 0.2) is 17.0 Å². The molecule has 6 heteroatoms. The van der Waals surface area contributed by atoms with Crippen molar-refractivity contribution in [2.45, 2.75) is 31.4 Å². The zero-order valence-corrected chi connectivity index (χ0v) is 12.7. The third-order valence-electron chi connectivity index (χ3n) is 3.21. The Morgan fingerprint density at radius 3 is 2.40 bits per heavy atom. The topological polar surface area (TPSA) is 104 Å². The van der Waals surface area contributed by atoms with E-state index in [0.29, 0.717) is 11.5 Å². The Kier molecular flexibility index (Phi) is 4.04. The van der Waals surface area contributed by atoms with Crippen LogP contribution in [0.1, 0.15) is 22.5 Å². The lowest BCUT2D eigenvalue weighted by Crippen LogP contribution is -2.03. The highest BCUT2D eigenvalue weighted by Crippen LogP contribution is 2.33. The summed E-state index contributed by atoms with van der Waals surface area (Å²) in [5, 5.41) is 0. The molecule has 2 heterocycles. The van der Waals surface area contributed by atoms with E-state index in [-0.39, 0.29) is 5.82 Å². The van der Waals surface area contributed by atoms with Gasteiger partial charge in [0.2, 0.25) is 0 Å². The summed E-state index contributed by atoms with van der Waals surface area (Å²) in [6.45, 7) is 6.09. The maximum Gasteiger partial charge on any atom is 0.150 e. The number of hydrogen-bond donors (Lipinski definition) is 3. The largest absolute Gasteiger partial charge is 0.395 e. The van der Waals surface area contributed by atoms with E-state index in [1.807, 2.05) is 13.8 Å². The zero-order valence-electron chi connectivity index (χ0n) is 11.9. The SMILES string of the molecule is Cc1cc(CSc2cc(N)nc(N)c2N)c(C)nc1C. The van der Waals surface area contributed by atoms with Crippen LogP contribution in [0.2, 0.25) is 0 Å². The molecule has 0 saturated heterocycles. The molecule has 0 radical (unpaired) electrons. The lowest BCUT2D eigenvalue weighted by atomic mass is 10.1. The van der Waals surface area contributed by atoms with Crippen LogP contribution >= 0.6 is 11.8 Å². The average molecular weight is 289 g/mol. The molecule has 0 amide bonds. The van der Waals surface area contributed by atoms with Crippen molar-refractivity contribution in [1.29, 1.82) is 0 Å². The predicted molar refractivity (Wildman–Crippen MR) is 85.5 cm³/mol. The second-order valence-corrected chi connectivity index (χ2v) is 5.79. The van der Waals surface area contributed by atoms with Crippen molar-refractivity contribution >= 4 is 29.1 Å². The monoisotopic (exact) mass is 289 g/mol. The molecule has 0 atom stereocenters. The number of nitrogens with zero attached hydrogens (tertiary/aromatic N) is 2. The molecule has 0 bridgehead atoms. The highest BCUT2D eigenvalue weighted by atomic mass is 32.2. The molecule has 2 aromatic heterocycles. The lowest BCUT2D eigenvalue weighted by molar-refractivity contribution is 1.05. The van der Waals surface area contributed by atoms with Crippen molar-refractivity contribution in [2.24, 2.45) is 0 Å². The molecular formula is C14H19N5S. The van der Waals surface area contributed by atoms with E-state index >= 15 is 0 Å². The smallest absolute Gasteiger partial charge is 0.150 e. The summed E-state index contributed by atoms with van der Waals surface area (Å²) in [5.41, 5.74) is 22.3. The summed E-state index contributed by atoms with van der Waals surface area (Å²) >= 11 is 1.59. The molecule has 6 N–H and O–H groups in total. The molecule has 2 rings (SSSR count). The fraction of sp³-hybridized carbons (Fsp3) is 0.286. The molecule has 2 aromatic rings. The molecule has 0 fully saturated rings. The van der Waals surface area contributed by atoms with Gasteiger partial charge in [0, 0.05) is 22.0 Å². The molecule has 0 unspecified atom stereocenters. The van der Waals surface area contributed by atoms with Crippen molar-refractivity contribution in [3.63, 3.8) is 0 Å². The number of rotatable bonds is 3. The van der Waals surface area contributed by atoms with Crippen molar-refractivity contribution < 1.29 is 0 Å². The van der Waals surface area contributed by atoms with Gasteiger partial charge in [-0.05, 0) is 38.0 Å². The van der Waals surface area contributed by atoms with E-state index in [9.17, 15) is 0 Å². The average Bonchev–Trinajstić information content (AvgIpc) is 2.37. The Hall–Kier alpha value is -1.95. The van der Waals surface area contributed by atoms with E-state index in [1.54, 1.807) is 17.8 Å². The van der Waals surface area contributed by atoms with E-state index in [4.69, 9.17) is 17.2 Å². The Morgan fingerprint density at radius 2 is 1.70 bits per heavy atom. The summed E-state index contributed by atoms with van der Waals surface area (Å²) in [5.74, 6) is 1.43. The van der Waals surface area contributed by atoms with Gasteiger partial charge in [0.25, 0.3) is 0 Å². The van der Waals surface area contributed by atoms with Crippen LogP contribution in [0.5, 0.6) is 0 Å². The van der Waals surface area contributed by atoms with Crippen LogP contribution in [0.3, 0.4) is 0 Å². The maximum atomic E-state index is 5.93. The Bertz CT molecular complexity index is 654. The molecule has 20 heavy (non-hydrogen) atoms. The van der Waals surface area contributed by atoms with E-state index < -0.39 is 0 Å². The number of nitrogen functional groups attached to an aromatic ring is 3. The Balaban J connectivity index is 2.23. The normalized spacial score (nSPS) is 10.8. The van der Waals surface area contributed by atoms with Gasteiger partial charge >= 0.3 is 0 Å². The second kappa shape index (κ2) is 5.58. The fourth-order valence-corrected chi connectivity index (χ4v) is 2.94. The van der Waals surface area contributed by atoms with E-state index in [2.05, 4.69) is 23.0 Å². The number of nitrogens with two attached hydrogens (primary N) is 3. The first-order valence-corrected chi connectivity index (χ1v) is 7.25. The number of aryl methyl sites for hydroxylation is 3. The van der Waals surface area contributed by atoms with Crippen molar-refractivity contribution in [2.75, 3.05) is 17.2 Å². The van der Waals surface area contributed by atoms with Gasteiger partial charge in [-0.15, -0.1) is 11.8 Å². The van der Waals surface area contributed by atoms with Gasteiger partial charge in [0.15, 0.2) is 0 Å². The number of hydrogen-bond acceptors (Lipinski definition) is 6. The summed E-state index contributed by atoms with van der Waals surface area (Å²) in [7, 11) is 0. The minimum atomic E-state index is 0.280. The molecule has 0 aromatic carbocycles. The van der Waals surface area contributed by atoms with Crippen LogP contribution in [-0.4, -0.2) is 9.97 Å². The van der Waals surface area contributed by atoms with Crippen LogP contribution in [-0.2, 0) is 5.75 Å². The summed E-state index contributed by atoms with van der Waals surface area (Å²) in [6.07, 6.45) is 0. The van der Waals surface area contributed by atoms with E-state index in [1.165, 1.54) is 11.1 Å². The van der Waals surface area contributed by atoms with Gasteiger partial charge in [-0.25, -0.2) is 4.98 Å². The van der Waals surface area contributed by atoms with Crippen LogP contribution in [0.25, 0.3) is 0 Å². The van der Waals surface area contributed by atoms with Crippen LogP contribution < -0.4 is 17.2 Å². The number of aromatic nitrogens is 2. The minimum absolute atomic E-state index is 0.280. The molecule has 0 spiro atoms. The van der Waals surface area contributed by atoms with Crippen LogP contribution in [0, 0.1) is 20.8 Å². The molecule has 106 valence electrons. The van der Waals surface area contributed by atoms with Crippen molar-refractivity contribution in [1.82, 2.24) is 9.97 Å². The standard InChI is InChI=1S/C14H19N5S/c1-7-4-10(9(3)18-8(7)2)6-20-11-5-12(15)19-14(17)13(11)16/h4-5H,6,16H2,1-3H3,(H4,15,17,19). The number of anilines is 3. The van der Waals surface area contributed by atoms with Gasteiger partial charge in [0.1, 0.15) is 11.6 Å². The fourth-order valence-electron chi connectivity index (χ4n) is 1.87. The predicted octanol–water partition coefficient (Wildman–Crippen LogP) is 2.44.